The Kier molecular flexibility index (Phi) is 7.10. The summed E-state index contributed by atoms with van der Waals surface area (Å²) >= 11 is 0. The van der Waals surface area contributed by atoms with Crippen molar-refractivity contribution in [2.24, 2.45) is 0 Å². The van der Waals surface area contributed by atoms with Crippen molar-refractivity contribution in [3.8, 4) is 0 Å². The SMILES string of the molecule is CCCNCCS(=O)(=O)NCC1CN(C)CCO1. The predicted molar refractivity (Wildman–Crippen MR) is 72.2 cm³/mol. The minimum atomic E-state index is -3.19. The van der Waals surface area contributed by atoms with E-state index in [2.05, 4.69) is 21.9 Å². The zero-order valence-corrected chi connectivity index (χ0v) is 12.1. The van der Waals surface area contributed by atoms with Crippen LogP contribution in [0.5, 0.6) is 0 Å². The molecule has 1 aliphatic rings. The van der Waals surface area contributed by atoms with Gasteiger partial charge in [0, 0.05) is 26.2 Å². The first kappa shape index (κ1) is 15.8. The van der Waals surface area contributed by atoms with Crippen LogP contribution in [0.1, 0.15) is 13.3 Å². The Balaban J connectivity index is 2.19. The number of nitrogens with zero attached hydrogens (tertiary/aromatic N) is 1. The Morgan fingerprint density at radius 3 is 2.83 bits per heavy atom. The van der Waals surface area contributed by atoms with Crippen molar-refractivity contribution in [2.45, 2.75) is 19.4 Å². The van der Waals surface area contributed by atoms with Crippen molar-refractivity contribution >= 4 is 10.0 Å². The average molecular weight is 279 g/mol. The summed E-state index contributed by atoms with van der Waals surface area (Å²) in [6.07, 6.45) is 0.970. The van der Waals surface area contributed by atoms with Crippen LogP contribution in [0.3, 0.4) is 0 Å². The lowest BCUT2D eigenvalue weighted by Crippen LogP contribution is -2.46. The topological polar surface area (TPSA) is 70.7 Å². The second-order valence-corrected chi connectivity index (χ2v) is 6.60. The quantitative estimate of drug-likeness (QED) is 0.571. The third kappa shape index (κ3) is 6.65. The van der Waals surface area contributed by atoms with Gasteiger partial charge in [-0.15, -0.1) is 0 Å². The minimum absolute atomic E-state index is 0.0397. The van der Waals surface area contributed by atoms with E-state index in [4.69, 9.17) is 4.74 Å². The molecule has 1 rings (SSSR count). The van der Waals surface area contributed by atoms with Gasteiger partial charge in [0.05, 0.1) is 18.5 Å². The second-order valence-electron chi connectivity index (χ2n) is 4.67. The van der Waals surface area contributed by atoms with E-state index in [0.717, 1.165) is 26.1 Å². The van der Waals surface area contributed by atoms with Crippen LogP contribution in [-0.4, -0.2) is 71.6 Å². The number of likely N-dealkylation sites (N-methyl/N-ethyl adjacent to an activating group) is 1. The largest absolute Gasteiger partial charge is 0.374 e. The smallest absolute Gasteiger partial charge is 0.212 e. The minimum Gasteiger partial charge on any atom is -0.374 e. The van der Waals surface area contributed by atoms with Crippen LogP contribution in [-0.2, 0) is 14.8 Å². The summed E-state index contributed by atoms with van der Waals surface area (Å²) in [5.41, 5.74) is 0. The molecular weight excluding hydrogens is 254 g/mol. The van der Waals surface area contributed by atoms with Crippen LogP contribution in [0.15, 0.2) is 0 Å². The Bertz CT molecular complexity index is 321. The van der Waals surface area contributed by atoms with Gasteiger partial charge >= 0.3 is 0 Å². The van der Waals surface area contributed by atoms with Gasteiger partial charge in [-0.3, -0.25) is 0 Å². The lowest BCUT2D eigenvalue weighted by atomic mass is 10.3. The van der Waals surface area contributed by atoms with Crippen LogP contribution in [0.4, 0.5) is 0 Å². The number of hydrogen-bond acceptors (Lipinski definition) is 5. The molecule has 1 heterocycles. The van der Waals surface area contributed by atoms with E-state index in [1.54, 1.807) is 0 Å². The van der Waals surface area contributed by atoms with Gasteiger partial charge in [0.25, 0.3) is 0 Å². The molecule has 1 saturated heterocycles. The van der Waals surface area contributed by atoms with Gasteiger partial charge in [-0.25, -0.2) is 13.1 Å². The summed E-state index contributed by atoms with van der Waals surface area (Å²) in [6.45, 7) is 6.11. The standard InChI is InChI=1S/C11H25N3O3S/c1-3-4-12-5-8-18(15,16)13-9-11-10-14(2)6-7-17-11/h11-13H,3-10H2,1-2H3. The van der Waals surface area contributed by atoms with Crippen molar-refractivity contribution in [2.75, 3.05) is 52.1 Å². The van der Waals surface area contributed by atoms with Gasteiger partial charge in [0.15, 0.2) is 0 Å². The van der Waals surface area contributed by atoms with Crippen LogP contribution in [0, 0.1) is 0 Å². The fourth-order valence-corrected chi connectivity index (χ4v) is 2.79. The highest BCUT2D eigenvalue weighted by Gasteiger charge is 2.19. The highest BCUT2D eigenvalue weighted by Crippen LogP contribution is 2.02. The normalized spacial score (nSPS) is 22.2. The zero-order valence-electron chi connectivity index (χ0n) is 11.3. The van der Waals surface area contributed by atoms with Gasteiger partial charge in [-0.2, -0.15) is 0 Å². The molecule has 0 spiro atoms. The molecular formula is C11H25N3O3S. The highest BCUT2D eigenvalue weighted by molar-refractivity contribution is 7.89. The molecule has 0 saturated carbocycles. The summed E-state index contributed by atoms with van der Waals surface area (Å²) in [6, 6.07) is 0. The molecule has 0 aromatic carbocycles. The van der Waals surface area contributed by atoms with E-state index in [1.165, 1.54) is 0 Å². The highest BCUT2D eigenvalue weighted by atomic mass is 32.2. The first-order valence-electron chi connectivity index (χ1n) is 6.51. The van der Waals surface area contributed by atoms with E-state index in [-0.39, 0.29) is 11.9 Å². The predicted octanol–water partition coefficient (Wildman–Crippen LogP) is -0.764. The third-order valence-corrected chi connectivity index (χ3v) is 4.20. The van der Waals surface area contributed by atoms with Gasteiger partial charge in [0.1, 0.15) is 0 Å². The van der Waals surface area contributed by atoms with Gasteiger partial charge < -0.3 is 15.0 Å². The number of rotatable bonds is 8. The van der Waals surface area contributed by atoms with Gasteiger partial charge in [-0.05, 0) is 20.0 Å². The molecule has 0 amide bonds. The average Bonchev–Trinajstić information content (AvgIpc) is 2.33. The summed E-state index contributed by atoms with van der Waals surface area (Å²) in [7, 11) is -1.18. The molecule has 18 heavy (non-hydrogen) atoms. The summed E-state index contributed by atoms with van der Waals surface area (Å²) in [5, 5.41) is 3.08. The Hall–Kier alpha value is -0.210. The number of ether oxygens (including phenoxy) is 1. The molecule has 108 valence electrons. The van der Waals surface area contributed by atoms with Crippen LogP contribution in [0.25, 0.3) is 0 Å². The number of nitrogens with one attached hydrogen (secondary N) is 2. The maximum absolute atomic E-state index is 11.7. The van der Waals surface area contributed by atoms with Crippen molar-refractivity contribution in [3.63, 3.8) is 0 Å². The maximum atomic E-state index is 11.7. The zero-order chi connectivity index (χ0) is 13.4. The van der Waals surface area contributed by atoms with E-state index < -0.39 is 10.0 Å². The molecule has 1 unspecified atom stereocenters. The van der Waals surface area contributed by atoms with E-state index in [1.807, 2.05) is 7.05 Å². The summed E-state index contributed by atoms with van der Waals surface area (Å²) < 4.78 is 31.5. The van der Waals surface area contributed by atoms with E-state index in [9.17, 15) is 8.42 Å². The molecule has 0 aromatic heterocycles. The van der Waals surface area contributed by atoms with Gasteiger partial charge in [0.2, 0.25) is 10.0 Å². The number of hydrogen-bond donors (Lipinski definition) is 2. The summed E-state index contributed by atoms with van der Waals surface area (Å²) in [4.78, 5) is 2.14. The first-order valence-corrected chi connectivity index (χ1v) is 8.17. The van der Waals surface area contributed by atoms with Gasteiger partial charge in [-0.1, -0.05) is 6.92 Å². The molecule has 6 nitrogen and oxygen atoms in total. The van der Waals surface area contributed by atoms with E-state index in [0.29, 0.717) is 19.7 Å². The molecule has 0 radical (unpaired) electrons. The molecule has 2 N–H and O–H groups in total. The molecule has 1 atom stereocenters. The lowest BCUT2D eigenvalue weighted by Gasteiger charge is -2.30. The molecule has 0 aromatic rings. The second kappa shape index (κ2) is 8.06. The Labute approximate surface area is 110 Å². The number of sulfonamides is 1. The van der Waals surface area contributed by atoms with E-state index >= 15 is 0 Å². The molecule has 1 fully saturated rings. The fraction of sp³-hybridized carbons (Fsp3) is 1.00. The first-order chi connectivity index (χ1) is 8.53. The number of morpholine rings is 1. The Morgan fingerprint density at radius 1 is 1.39 bits per heavy atom. The molecule has 0 bridgehead atoms. The van der Waals surface area contributed by atoms with Crippen LogP contribution in [0.2, 0.25) is 0 Å². The van der Waals surface area contributed by atoms with Crippen molar-refractivity contribution in [1.29, 1.82) is 0 Å². The van der Waals surface area contributed by atoms with Crippen molar-refractivity contribution in [1.82, 2.24) is 14.9 Å². The Morgan fingerprint density at radius 2 is 2.17 bits per heavy atom. The van der Waals surface area contributed by atoms with Crippen molar-refractivity contribution < 1.29 is 13.2 Å². The summed E-state index contributed by atoms with van der Waals surface area (Å²) in [5.74, 6) is 0.121. The van der Waals surface area contributed by atoms with Crippen LogP contribution >= 0.6 is 0 Å². The van der Waals surface area contributed by atoms with Crippen LogP contribution < -0.4 is 10.0 Å². The molecule has 7 heteroatoms. The molecule has 0 aliphatic carbocycles. The third-order valence-electron chi connectivity index (χ3n) is 2.85. The van der Waals surface area contributed by atoms with Crippen molar-refractivity contribution in [3.05, 3.63) is 0 Å². The lowest BCUT2D eigenvalue weighted by molar-refractivity contribution is -0.0156. The maximum Gasteiger partial charge on any atom is 0.212 e. The molecule has 1 aliphatic heterocycles. The monoisotopic (exact) mass is 279 g/mol. The fourth-order valence-electron chi connectivity index (χ4n) is 1.79.